The third kappa shape index (κ3) is 2.06. The summed E-state index contributed by atoms with van der Waals surface area (Å²) in [5.74, 6) is 1.09. The lowest BCUT2D eigenvalue weighted by Gasteiger charge is -2.35. The van der Waals surface area contributed by atoms with E-state index in [0.717, 1.165) is 25.0 Å². The Morgan fingerprint density at radius 3 is 2.74 bits per heavy atom. The molecular weight excluding hydrogens is 260 g/mol. The van der Waals surface area contributed by atoms with Crippen LogP contribution in [0.4, 0.5) is 0 Å². The van der Waals surface area contributed by atoms with Crippen LogP contribution < -0.4 is 0 Å². The fourth-order valence-electron chi connectivity index (χ4n) is 3.38. The Morgan fingerprint density at radius 1 is 1.47 bits per heavy atom. The molecular formula is C14H22N2O2S. The van der Waals surface area contributed by atoms with E-state index in [4.69, 9.17) is 0 Å². The molecule has 19 heavy (non-hydrogen) atoms. The molecule has 2 saturated heterocycles. The summed E-state index contributed by atoms with van der Waals surface area (Å²) < 4.78 is 0. The minimum atomic E-state index is -0.229. The molecule has 2 aliphatic heterocycles. The van der Waals surface area contributed by atoms with Gasteiger partial charge in [-0.1, -0.05) is 0 Å². The number of carbonyl (C=O) groups is 2. The number of amides is 2. The van der Waals surface area contributed by atoms with Crippen LogP contribution in [0.15, 0.2) is 0 Å². The first-order valence-corrected chi connectivity index (χ1v) is 8.21. The molecule has 0 aromatic rings. The molecule has 106 valence electrons. The van der Waals surface area contributed by atoms with E-state index in [2.05, 4.69) is 20.8 Å². The largest absolute Gasteiger partial charge is 0.335 e. The second-order valence-electron chi connectivity index (χ2n) is 6.34. The Hall–Kier alpha value is -0.710. The molecule has 1 aliphatic carbocycles. The van der Waals surface area contributed by atoms with Gasteiger partial charge in [0.2, 0.25) is 11.8 Å². The second-order valence-corrected chi connectivity index (χ2v) is 7.84. The molecule has 4 nitrogen and oxygen atoms in total. The number of carbonyl (C=O) groups excluding carboxylic acids is 2. The summed E-state index contributed by atoms with van der Waals surface area (Å²) in [6.45, 7) is 6.25. The van der Waals surface area contributed by atoms with E-state index in [0.29, 0.717) is 12.5 Å². The average Bonchev–Trinajstić information content (AvgIpc) is 3.02. The normalized spacial score (nSPS) is 34.0. The quantitative estimate of drug-likeness (QED) is 0.793. The smallest absolute Gasteiger partial charge is 0.246 e. The summed E-state index contributed by atoms with van der Waals surface area (Å²) in [6.07, 6.45) is 3.72. The van der Waals surface area contributed by atoms with Crippen molar-refractivity contribution in [3.05, 3.63) is 0 Å². The second kappa shape index (κ2) is 4.40. The van der Waals surface area contributed by atoms with Crippen LogP contribution >= 0.6 is 11.8 Å². The number of fused-ring (bicyclic) bond motifs is 1. The Labute approximate surface area is 118 Å². The maximum absolute atomic E-state index is 12.8. The van der Waals surface area contributed by atoms with Gasteiger partial charge >= 0.3 is 0 Å². The molecule has 0 spiro atoms. The molecule has 2 atom stereocenters. The van der Waals surface area contributed by atoms with Crippen LogP contribution in [0.25, 0.3) is 0 Å². The standard InChI is InChI=1S/C14H22N2O2S/c1-9(2)15(10-4-5-10)13(18)11-8-19-14(3)7-6-12(17)16(11)14/h9-11H,4-8H2,1-3H3. The van der Waals surface area contributed by atoms with Gasteiger partial charge in [-0.3, -0.25) is 9.59 Å². The summed E-state index contributed by atoms with van der Waals surface area (Å²) in [6, 6.07) is 0.421. The van der Waals surface area contributed by atoms with Gasteiger partial charge in [-0.15, -0.1) is 11.8 Å². The first-order valence-electron chi connectivity index (χ1n) is 7.22. The van der Waals surface area contributed by atoms with E-state index >= 15 is 0 Å². The highest BCUT2D eigenvalue weighted by atomic mass is 32.2. The number of hydrogen-bond acceptors (Lipinski definition) is 3. The van der Waals surface area contributed by atoms with Gasteiger partial charge in [0.15, 0.2) is 0 Å². The van der Waals surface area contributed by atoms with Gasteiger partial charge in [0.05, 0.1) is 4.87 Å². The molecule has 0 radical (unpaired) electrons. The first kappa shape index (κ1) is 13.3. The lowest BCUT2D eigenvalue weighted by Crippen LogP contribution is -2.53. The van der Waals surface area contributed by atoms with E-state index in [1.54, 1.807) is 11.8 Å². The van der Waals surface area contributed by atoms with E-state index in [1.807, 2.05) is 9.80 Å². The maximum Gasteiger partial charge on any atom is 0.246 e. The zero-order chi connectivity index (χ0) is 13.8. The van der Waals surface area contributed by atoms with Gasteiger partial charge in [0.25, 0.3) is 0 Å². The monoisotopic (exact) mass is 282 g/mol. The highest BCUT2D eigenvalue weighted by Gasteiger charge is 2.54. The molecule has 2 unspecified atom stereocenters. The Balaban J connectivity index is 1.82. The molecule has 3 fully saturated rings. The average molecular weight is 282 g/mol. The van der Waals surface area contributed by atoms with Crippen molar-refractivity contribution in [1.29, 1.82) is 0 Å². The van der Waals surface area contributed by atoms with Crippen LogP contribution in [0.3, 0.4) is 0 Å². The van der Waals surface area contributed by atoms with Crippen LogP contribution in [0, 0.1) is 0 Å². The number of nitrogens with zero attached hydrogens (tertiary/aromatic N) is 2. The maximum atomic E-state index is 12.8. The predicted octanol–water partition coefficient (Wildman–Crippen LogP) is 1.84. The van der Waals surface area contributed by atoms with Crippen molar-refractivity contribution in [3.63, 3.8) is 0 Å². The van der Waals surface area contributed by atoms with Crippen molar-refractivity contribution in [2.75, 3.05) is 5.75 Å². The SMILES string of the molecule is CC(C)N(C(=O)C1CSC2(C)CCC(=O)N12)C1CC1. The molecule has 0 N–H and O–H groups in total. The van der Waals surface area contributed by atoms with Crippen molar-refractivity contribution in [2.45, 2.75) is 69.5 Å². The lowest BCUT2D eigenvalue weighted by molar-refractivity contribution is -0.145. The van der Waals surface area contributed by atoms with Gasteiger partial charge in [-0.2, -0.15) is 0 Å². The number of hydrogen-bond donors (Lipinski definition) is 0. The zero-order valence-electron chi connectivity index (χ0n) is 11.9. The van der Waals surface area contributed by atoms with Gasteiger partial charge in [-0.05, 0) is 40.0 Å². The molecule has 1 saturated carbocycles. The predicted molar refractivity (Wildman–Crippen MR) is 75.7 cm³/mol. The highest BCUT2D eigenvalue weighted by molar-refractivity contribution is 8.01. The van der Waals surface area contributed by atoms with Gasteiger partial charge in [0.1, 0.15) is 6.04 Å². The summed E-state index contributed by atoms with van der Waals surface area (Å²) in [5.41, 5.74) is 0. The minimum absolute atomic E-state index is 0.135. The lowest BCUT2D eigenvalue weighted by atomic mass is 10.1. The topological polar surface area (TPSA) is 40.6 Å². The summed E-state index contributed by atoms with van der Waals surface area (Å²) >= 11 is 1.77. The first-order chi connectivity index (χ1) is 8.94. The van der Waals surface area contributed by atoms with Crippen molar-refractivity contribution in [2.24, 2.45) is 0 Å². The molecule has 0 aromatic carbocycles. The number of thioether (sulfide) groups is 1. The molecule has 3 rings (SSSR count). The van der Waals surface area contributed by atoms with Gasteiger partial charge in [-0.25, -0.2) is 0 Å². The molecule has 0 bridgehead atoms. The third-order valence-electron chi connectivity index (χ3n) is 4.48. The Morgan fingerprint density at radius 2 is 2.16 bits per heavy atom. The van der Waals surface area contributed by atoms with Crippen molar-refractivity contribution in [3.8, 4) is 0 Å². The Kier molecular flexibility index (Phi) is 3.08. The van der Waals surface area contributed by atoms with Gasteiger partial charge in [0, 0.05) is 24.3 Å². The fraction of sp³-hybridized carbons (Fsp3) is 0.857. The van der Waals surface area contributed by atoms with Crippen molar-refractivity contribution >= 4 is 23.6 Å². The molecule has 2 heterocycles. The molecule has 3 aliphatic rings. The fourth-order valence-corrected chi connectivity index (χ4v) is 4.81. The Bertz CT molecular complexity index is 420. The third-order valence-corrected chi connectivity index (χ3v) is 5.99. The summed E-state index contributed by atoms with van der Waals surface area (Å²) in [4.78, 5) is 28.7. The minimum Gasteiger partial charge on any atom is -0.335 e. The van der Waals surface area contributed by atoms with Crippen LogP contribution in [-0.2, 0) is 9.59 Å². The van der Waals surface area contributed by atoms with E-state index in [9.17, 15) is 9.59 Å². The van der Waals surface area contributed by atoms with E-state index in [-0.39, 0.29) is 28.8 Å². The highest BCUT2D eigenvalue weighted by Crippen LogP contribution is 2.48. The summed E-state index contributed by atoms with van der Waals surface area (Å²) in [5, 5.41) is 0. The van der Waals surface area contributed by atoms with Crippen LogP contribution in [-0.4, -0.2) is 50.4 Å². The summed E-state index contributed by atoms with van der Waals surface area (Å²) in [7, 11) is 0. The molecule has 2 amide bonds. The van der Waals surface area contributed by atoms with Gasteiger partial charge < -0.3 is 9.80 Å². The van der Waals surface area contributed by atoms with E-state index < -0.39 is 0 Å². The van der Waals surface area contributed by atoms with Crippen LogP contribution in [0.2, 0.25) is 0 Å². The van der Waals surface area contributed by atoms with Crippen molar-refractivity contribution in [1.82, 2.24) is 9.80 Å². The van der Waals surface area contributed by atoms with Crippen LogP contribution in [0.5, 0.6) is 0 Å². The molecule has 5 heteroatoms. The number of rotatable bonds is 3. The van der Waals surface area contributed by atoms with E-state index in [1.165, 1.54) is 0 Å². The van der Waals surface area contributed by atoms with Crippen molar-refractivity contribution < 1.29 is 9.59 Å². The zero-order valence-corrected chi connectivity index (χ0v) is 12.7. The van der Waals surface area contributed by atoms with Crippen LogP contribution in [0.1, 0.15) is 46.5 Å². The molecule has 0 aromatic heterocycles.